The second-order valence-electron chi connectivity index (χ2n) is 4.17. The van der Waals surface area contributed by atoms with E-state index in [9.17, 15) is 0 Å². The van der Waals surface area contributed by atoms with Crippen LogP contribution in [0.1, 0.15) is 20.3 Å². The molecular formula is C10H31NO3Si3. The van der Waals surface area contributed by atoms with Crippen LogP contribution < -0.4 is 5.73 Å². The molecule has 0 aromatic rings. The van der Waals surface area contributed by atoms with Crippen molar-refractivity contribution in [1.82, 2.24) is 0 Å². The summed E-state index contributed by atoms with van der Waals surface area (Å²) < 4.78 is 17.5. The first-order valence-electron chi connectivity index (χ1n) is 6.48. The largest absolute Gasteiger partial charge is 0.442 e. The van der Waals surface area contributed by atoms with Crippen molar-refractivity contribution in [2.75, 3.05) is 13.7 Å². The molecule has 0 heterocycles. The zero-order chi connectivity index (χ0) is 13.9. The third-order valence-corrected chi connectivity index (χ3v) is 11.8. The van der Waals surface area contributed by atoms with Crippen LogP contribution in [-0.4, -0.2) is 40.5 Å². The average molecular weight is 298 g/mol. The van der Waals surface area contributed by atoms with Crippen molar-refractivity contribution >= 4 is 26.9 Å². The van der Waals surface area contributed by atoms with E-state index in [0.717, 1.165) is 12.5 Å². The van der Waals surface area contributed by atoms with E-state index in [1.807, 2.05) is 13.8 Å². The van der Waals surface area contributed by atoms with E-state index < -0.39 is 26.9 Å². The van der Waals surface area contributed by atoms with Crippen LogP contribution in [0.2, 0.25) is 32.2 Å². The van der Waals surface area contributed by atoms with Crippen molar-refractivity contribution in [2.24, 2.45) is 5.73 Å². The Balaban J connectivity index is 0. The van der Waals surface area contributed by atoms with E-state index in [0.29, 0.717) is 6.54 Å². The second-order valence-corrected chi connectivity index (χ2v) is 12.7. The third-order valence-electron chi connectivity index (χ3n) is 2.24. The molecule has 2 N–H and O–H groups in total. The molecule has 17 heavy (non-hydrogen) atoms. The van der Waals surface area contributed by atoms with Crippen molar-refractivity contribution in [1.29, 1.82) is 0 Å². The van der Waals surface area contributed by atoms with Gasteiger partial charge >= 0.3 is 17.1 Å². The molecule has 106 valence electrons. The van der Waals surface area contributed by atoms with Gasteiger partial charge in [-0.25, -0.2) is 0 Å². The highest BCUT2D eigenvalue weighted by Crippen LogP contribution is 2.21. The Morgan fingerprint density at radius 3 is 2.06 bits per heavy atom. The van der Waals surface area contributed by atoms with E-state index in [1.54, 1.807) is 7.11 Å². The smallest absolute Gasteiger partial charge is 0.322 e. The molecule has 0 aliphatic carbocycles. The van der Waals surface area contributed by atoms with E-state index >= 15 is 0 Å². The minimum absolute atomic E-state index is 0.432. The third kappa shape index (κ3) is 10.1. The molecule has 0 rings (SSSR count). The van der Waals surface area contributed by atoms with Crippen LogP contribution in [-0.2, 0) is 12.7 Å². The standard InChI is InChI=1S/C8H25NO3Si3.C2H6/c1-10-14(3,4)12-15(5,11-13-2)8-6-7-9;1-2/h6-9,13H2,1-5H3;1-2H3. The van der Waals surface area contributed by atoms with Crippen molar-refractivity contribution in [3.05, 3.63) is 0 Å². The van der Waals surface area contributed by atoms with Crippen LogP contribution in [0.3, 0.4) is 0 Å². The van der Waals surface area contributed by atoms with E-state index in [2.05, 4.69) is 26.2 Å². The van der Waals surface area contributed by atoms with Crippen molar-refractivity contribution in [2.45, 2.75) is 52.5 Å². The number of hydrogen-bond acceptors (Lipinski definition) is 4. The normalized spacial score (nSPS) is 15.5. The Hall–Kier alpha value is 0.491. The van der Waals surface area contributed by atoms with E-state index in [1.165, 1.54) is 0 Å². The summed E-state index contributed by atoms with van der Waals surface area (Å²) in [7, 11) is -2.71. The topological polar surface area (TPSA) is 53.7 Å². The molecular weight excluding hydrogens is 266 g/mol. The van der Waals surface area contributed by atoms with Gasteiger partial charge in [-0.1, -0.05) is 20.4 Å². The van der Waals surface area contributed by atoms with Gasteiger partial charge in [0.2, 0.25) is 0 Å². The molecule has 0 aliphatic heterocycles. The van der Waals surface area contributed by atoms with Crippen LogP contribution in [0.4, 0.5) is 0 Å². The lowest BCUT2D eigenvalue weighted by molar-refractivity contribution is 0.279. The Morgan fingerprint density at radius 2 is 1.71 bits per heavy atom. The molecule has 0 saturated heterocycles. The Bertz CT molecular complexity index is 184. The first kappa shape index (κ1) is 19.8. The summed E-state index contributed by atoms with van der Waals surface area (Å²) in [6, 6.07) is 0.976. The summed E-state index contributed by atoms with van der Waals surface area (Å²) in [5.74, 6) is 0. The summed E-state index contributed by atoms with van der Waals surface area (Å²) >= 11 is 0. The van der Waals surface area contributed by atoms with Gasteiger partial charge in [-0.3, -0.25) is 0 Å². The maximum Gasteiger partial charge on any atom is 0.322 e. The minimum Gasteiger partial charge on any atom is -0.442 e. The SMILES string of the molecule is CC.CO[Si](C)(C)O[Si](C)(CCCN)O[SiH2]C. The Labute approximate surface area is 112 Å². The summed E-state index contributed by atoms with van der Waals surface area (Å²) in [5.41, 5.74) is 5.53. The van der Waals surface area contributed by atoms with Crippen molar-refractivity contribution in [3.8, 4) is 0 Å². The highest BCUT2D eigenvalue weighted by atomic mass is 28.5. The molecule has 0 fully saturated rings. The number of nitrogens with two attached hydrogens (primary N) is 1. The van der Waals surface area contributed by atoms with E-state index in [4.69, 9.17) is 18.4 Å². The predicted molar refractivity (Wildman–Crippen MR) is 82.5 cm³/mol. The van der Waals surface area contributed by atoms with Gasteiger partial charge in [0, 0.05) is 7.11 Å². The maximum absolute atomic E-state index is 6.13. The first-order valence-corrected chi connectivity index (χ1v) is 13.8. The fourth-order valence-electron chi connectivity index (χ4n) is 1.44. The fraction of sp³-hybridized carbons (Fsp3) is 1.00. The van der Waals surface area contributed by atoms with Gasteiger partial charge in [0.15, 0.2) is 0 Å². The number of hydrogen-bond donors (Lipinski definition) is 1. The summed E-state index contributed by atoms with van der Waals surface area (Å²) in [6.45, 7) is 13.1. The summed E-state index contributed by atoms with van der Waals surface area (Å²) in [5, 5.41) is 0. The van der Waals surface area contributed by atoms with Gasteiger partial charge < -0.3 is 18.4 Å². The van der Waals surface area contributed by atoms with Gasteiger partial charge in [-0.2, -0.15) is 0 Å². The average Bonchev–Trinajstić information content (AvgIpc) is 2.29. The lowest BCUT2D eigenvalue weighted by Gasteiger charge is -2.34. The predicted octanol–water partition coefficient (Wildman–Crippen LogP) is 1.95. The van der Waals surface area contributed by atoms with Crippen LogP contribution in [0.25, 0.3) is 0 Å². The number of rotatable bonds is 8. The van der Waals surface area contributed by atoms with Crippen LogP contribution in [0.15, 0.2) is 0 Å². The molecule has 0 radical (unpaired) electrons. The van der Waals surface area contributed by atoms with Crippen LogP contribution >= 0.6 is 0 Å². The molecule has 1 unspecified atom stereocenters. The van der Waals surface area contributed by atoms with Crippen molar-refractivity contribution < 1.29 is 12.7 Å². The minimum atomic E-state index is -2.01. The first-order chi connectivity index (χ1) is 7.89. The quantitative estimate of drug-likeness (QED) is 0.696. The van der Waals surface area contributed by atoms with Crippen LogP contribution in [0, 0.1) is 0 Å². The summed E-state index contributed by atoms with van der Waals surface area (Å²) in [6.07, 6.45) is 0.977. The molecule has 0 spiro atoms. The molecule has 0 saturated carbocycles. The highest BCUT2D eigenvalue weighted by molar-refractivity contribution is 6.81. The lowest BCUT2D eigenvalue weighted by atomic mass is 10.5. The maximum atomic E-state index is 6.13. The van der Waals surface area contributed by atoms with E-state index in [-0.39, 0.29) is 0 Å². The lowest BCUT2D eigenvalue weighted by Crippen LogP contribution is -2.50. The molecule has 4 nitrogen and oxygen atoms in total. The monoisotopic (exact) mass is 297 g/mol. The Morgan fingerprint density at radius 1 is 1.18 bits per heavy atom. The van der Waals surface area contributed by atoms with Gasteiger partial charge in [0.1, 0.15) is 9.76 Å². The zero-order valence-electron chi connectivity index (χ0n) is 12.6. The molecule has 0 aromatic carbocycles. The fourth-order valence-corrected chi connectivity index (χ4v) is 11.0. The highest BCUT2D eigenvalue weighted by Gasteiger charge is 2.38. The van der Waals surface area contributed by atoms with Gasteiger partial charge in [-0.05, 0) is 38.7 Å². The summed E-state index contributed by atoms with van der Waals surface area (Å²) in [4.78, 5) is 0. The zero-order valence-corrected chi connectivity index (χ0v) is 16.0. The molecule has 0 aromatic heterocycles. The molecule has 0 aliphatic rings. The molecule has 7 heteroatoms. The Kier molecular flexibility index (Phi) is 12.1. The van der Waals surface area contributed by atoms with Crippen LogP contribution in [0.5, 0.6) is 0 Å². The molecule has 0 amide bonds. The van der Waals surface area contributed by atoms with Gasteiger partial charge in [0.25, 0.3) is 0 Å². The molecule has 1 atom stereocenters. The molecule has 0 bridgehead atoms. The van der Waals surface area contributed by atoms with Gasteiger partial charge in [-0.15, -0.1) is 0 Å². The second kappa shape index (κ2) is 10.4. The van der Waals surface area contributed by atoms with Gasteiger partial charge in [0.05, 0.1) is 0 Å². The van der Waals surface area contributed by atoms with Crippen molar-refractivity contribution in [3.63, 3.8) is 0 Å².